The third kappa shape index (κ3) is 3.24. The third-order valence-electron chi connectivity index (χ3n) is 5.48. The van der Waals surface area contributed by atoms with Gasteiger partial charge in [0.1, 0.15) is 0 Å². The summed E-state index contributed by atoms with van der Waals surface area (Å²) in [5.74, 6) is 0.758. The summed E-state index contributed by atoms with van der Waals surface area (Å²) in [6.07, 6.45) is 4.66. The van der Waals surface area contributed by atoms with Crippen molar-refractivity contribution >= 4 is 28.7 Å². The molecule has 28 heavy (non-hydrogen) atoms. The van der Waals surface area contributed by atoms with E-state index in [0.717, 1.165) is 37.4 Å². The van der Waals surface area contributed by atoms with Gasteiger partial charge in [-0.15, -0.1) is 0 Å². The molecule has 0 radical (unpaired) electrons. The van der Waals surface area contributed by atoms with Gasteiger partial charge in [0.2, 0.25) is 5.95 Å². The minimum atomic E-state index is -0.368. The van der Waals surface area contributed by atoms with Gasteiger partial charge in [0.25, 0.3) is 5.56 Å². The zero-order chi connectivity index (χ0) is 19.8. The van der Waals surface area contributed by atoms with Crippen LogP contribution in [0.5, 0.6) is 0 Å². The molecule has 3 aromatic rings. The summed E-state index contributed by atoms with van der Waals surface area (Å²) in [6.45, 7) is 2.04. The van der Waals surface area contributed by atoms with E-state index in [-0.39, 0.29) is 17.8 Å². The van der Waals surface area contributed by atoms with Gasteiger partial charge in [-0.05, 0) is 30.5 Å². The van der Waals surface area contributed by atoms with E-state index in [9.17, 15) is 9.59 Å². The van der Waals surface area contributed by atoms with Crippen LogP contribution in [-0.4, -0.2) is 31.8 Å². The van der Waals surface area contributed by atoms with Gasteiger partial charge in [0.05, 0.1) is 6.54 Å². The number of hydrogen-bond donors (Lipinski definition) is 0. The molecule has 1 saturated heterocycles. The molecule has 0 amide bonds. The predicted molar refractivity (Wildman–Crippen MR) is 111 cm³/mol. The van der Waals surface area contributed by atoms with E-state index in [1.165, 1.54) is 22.0 Å². The number of aromatic nitrogens is 4. The Morgan fingerprint density at radius 2 is 1.61 bits per heavy atom. The maximum atomic E-state index is 13.2. The second kappa shape index (κ2) is 7.47. The SMILES string of the molecule is Cn1c(N2CCCCCC2)nc2c1c(=O)n(Cc1ccc(Cl)cc1)c(=O)n2C. The lowest BCUT2D eigenvalue weighted by atomic mass is 10.2. The number of rotatable bonds is 3. The van der Waals surface area contributed by atoms with E-state index in [1.807, 2.05) is 23.7 Å². The van der Waals surface area contributed by atoms with E-state index >= 15 is 0 Å². The van der Waals surface area contributed by atoms with Gasteiger partial charge in [0.15, 0.2) is 11.2 Å². The van der Waals surface area contributed by atoms with E-state index < -0.39 is 0 Å². The number of fused-ring (bicyclic) bond motifs is 1. The van der Waals surface area contributed by atoms with Crippen molar-refractivity contribution < 1.29 is 0 Å². The van der Waals surface area contributed by atoms with Crippen LogP contribution in [0, 0.1) is 0 Å². The van der Waals surface area contributed by atoms with Gasteiger partial charge in [-0.2, -0.15) is 4.98 Å². The van der Waals surface area contributed by atoms with E-state index in [1.54, 1.807) is 19.2 Å². The first-order chi connectivity index (χ1) is 13.5. The van der Waals surface area contributed by atoms with Crippen molar-refractivity contribution in [2.45, 2.75) is 32.2 Å². The van der Waals surface area contributed by atoms with Crippen LogP contribution in [0.3, 0.4) is 0 Å². The molecule has 1 aliphatic rings. The summed E-state index contributed by atoms with van der Waals surface area (Å²) in [7, 11) is 3.52. The fraction of sp³-hybridized carbons (Fsp3) is 0.450. The number of hydrogen-bond acceptors (Lipinski definition) is 4. The number of imidazole rings is 1. The highest BCUT2D eigenvalue weighted by Gasteiger charge is 2.22. The number of aryl methyl sites for hydroxylation is 2. The van der Waals surface area contributed by atoms with E-state index in [4.69, 9.17) is 11.6 Å². The molecule has 148 valence electrons. The van der Waals surface area contributed by atoms with Crippen LogP contribution < -0.4 is 16.1 Å². The molecule has 1 aliphatic heterocycles. The number of anilines is 1. The zero-order valence-electron chi connectivity index (χ0n) is 16.2. The van der Waals surface area contributed by atoms with Crippen LogP contribution in [-0.2, 0) is 20.6 Å². The second-order valence-electron chi connectivity index (χ2n) is 7.40. The molecule has 0 spiro atoms. The molecular weight excluding hydrogens is 378 g/mol. The third-order valence-corrected chi connectivity index (χ3v) is 5.73. The summed E-state index contributed by atoms with van der Waals surface area (Å²) in [5.41, 5.74) is 1.05. The highest BCUT2D eigenvalue weighted by atomic mass is 35.5. The Morgan fingerprint density at radius 3 is 2.25 bits per heavy atom. The van der Waals surface area contributed by atoms with Crippen molar-refractivity contribution in [1.29, 1.82) is 0 Å². The Balaban J connectivity index is 1.84. The highest BCUT2D eigenvalue weighted by Crippen LogP contribution is 2.21. The molecule has 0 atom stereocenters. The quantitative estimate of drug-likeness (QED) is 0.676. The summed E-state index contributed by atoms with van der Waals surface area (Å²) in [4.78, 5) is 33.0. The Labute approximate surface area is 167 Å². The summed E-state index contributed by atoms with van der Waals surface area (Å²) in [6, 6.07) is 7.16. The molecule has 0 saturated carbocycles. The smallest absolute Gasteiger partial charge is 0.332 e. The monoisotopic (exact) mass is 401 g/mol. The minimum Gasteiger partial charge on any atom is -0.342 e. The van der Waals surface area contributed by atoms with Gasteiger partial charge in [-0.3, -0.25) is 13.9 Å². The molecule has 0 aliphatic carbocycles. The molecule has 2 aromatic heterocycles. The number of halogens is 1. The maximum absolute atomic E-state index is 13.2. The highest BCUT2D eigenvalue weighted by molar-refractivity contribution is 6.30. The molecule has 7 nitrogen and oxygen atoms in total. The molecule has 0 N–H and O–H groups in total. The lowest BCUT2D eigenvalue weighted by Gasteiger charge is -2.20. The molecule has 0 bridgehead atoms. The van der Waals surface area contributed by atoms with Crippen LogP contribution >= 0.6 is 11.6 Å². The molecule has 4 rings (SSSR count). The van der Waals surface area contributed by atoms with E-state index in [2.05, 4.69) is 9.88 Å². The van der Waals surface area contributed by atoms with Crippen molar-refractivity contribution in [2.75, 3.05) is 18.0 Å². The maximum Gasteiger partial charge on any atom is 0.332 e. The Bertz CT molecular complexity index is 1120. The number of nitrogens with zero attached hydrogens (tertiary/aromatic N) is 5. The summed E-state index contributed by atoms with van der Waals surface area (Å²) in [5, 5.41) is 0.619. The van der Waals surface area contributed by atoms with Gasteiger partial charge >= 0.3 is 5.69 Å². The molecule has 1 aromatic carbocycles. The molecule has 3 heterocycles. The van der Waals surface area contributed by atoms with Gasteiger partial charge in [0, 0.05) is 32.2 Å². The average molecular weight is 402 g/mol. The van der Waals surface area contributed by atoms with Gasteiger partial charge in [-0.25, -0.2) is 4.79 Å². The van der Waals surface area contributed by atoms with Crippen LogP contribution in [0.15, 0.2) is 33.9 Å². The molecular formula is C20H24ClN5O2. The average Bonchev–Trinajstić information content (AvgIpc) is 2.85. The van der Waals surface area contributed by atoms with Crippen LogP contribution in [0.4, 0.5) is 5.95 Å². The lowest BCUT2D eigenvalue weighted by Crippen LogP contribution is -2.39. The first kappa shape index (κ1) is 18.8. The van der Waals surface area contributed by atoms with Crippen LogP contribution in [0.2, 0.25) is 5.02 Å². The van der Waals surface area contributed by atoms with Crippen molar-refractivity contribution in [2.24, 2.45) is 14.1 Å². The second-order valence-corrected chi connectivity index (χ2v) is 7.84. The predicted octanol–water partition coefficient (Wildman–Crippen LogP) is 2.52. The zero-order valence-corrected chi connectivity index (χ0v) is 16.9. The Morgan fingerprint density at radius 1 is 0.964 bits per heavy atom. The Hall–Kier alpha value is -2.54. The van der Waals surface area contributed by atoms with Crippen molar-refractivity contribution in [3.8, 4) is 0 Å². The first-order valence-electron chi connectivity index (χ1n) is 9.63. The minimum absolute atomic E-state index is 0.197. The first-order valence-corrected chi connectivity index (χ1v) is 10.0. The standard InChI is InChI=1S/C20H24ClN5O2/c1-23-16-17(22-19(23)25-11-5-3-4-6-12-25)24(2)20(28)26(18(16)27)13-14-7-9-15(21)10-8-14/h7-10H,3-6,11-13H2,1-2H3. The lowest BCUT2D eigenvalue weighted by molar-refractivity contribution is 0.655. The van der Waals surface area contributed by atoms with Gasteiger partial charge in [-0.1, -0.05) is 36.6 Å². The van der Waals surface area contributed by atoms with Crippen LogP contribution in [0.1, 0.15) is 31.2 Å². The summed E-state index contributed by atoms with van der Waals surface area (Å²) < 4.78 is 4.56. The van der Waals surface area contributed by atoms with E-state index in [0.29, 0.717) is 16.2 Å². The largest absolute Gasteiger partial charge is 0.342 e. The fourth-order valence-electron chi connectivity index (χ4n) is 3.90. The fourth-order valence-corrected chi connectivity index (χ4v) is 4.02. The van der Waals surface area contributed by atoms with Crippen molar-refractivity contribution in [3.05, 3.63) is 55.7 Å². The molecule has 0 unspecified atom stereocenters. The topological polar surface area (TPSA) is 65.1 Å². The van der Waals surface area contributed by atoms with Crippen LogP contribution in [0.25, 0.3) is 11.2 Å². The van der Waals surface area contributed by atoms with Gasteiger partial charge < -0.3 is 9.47 Å². The summed E-state index contributed by atoms with van der Waals surface area (Å²) >= 11 is 5.94. The number of benzene rings is 1. The molecule has 8 heteroatoms. The van der Waals surface area contributed by atoms with Crippen molar-refractivity contribution in [3.63, 3.8) is 0 Å². The Kier molecular flexibility index (Phi) is 5.02. The van der Waals surface area contributed by atoms with Crippen molar-refractivity contribution in [1.82, 2.24) is 18.7 Å². The molecule has 1 fully saturated rings. The normalized spacial score (nSPS) is 15.2.